The summed E-state index contributed by atoms with van der Waals surface area (Å²) >= 11 is 5.70. The highest BCUT2D eigenvalue weighted by Gasteiger charge is 2.31. The third-order valence-electron chi connectivity index (χ3n) is 4.01. The van der Waals surface area contributed by atoms with Crippen molar-refractivity contribution in [3.63, 3.8) is 0 Å². The van der Waals surface area contributed by atoms with E-state index in [1.54, 1.807) is 0 Å². The number of benzene rings is 1. The average Bonchev–Trinajstić information content (AvgIpc) is 2.70. The molecule has 0 radical (unpaired) electrons. The molecule has 0 unspecified atom stereocenters. The van der Waals surface area contributed by atoms with Crippen LogP contribution in [0.15, 0.2) is 17.0 Å². The van der Waals surface area contributed by atoms with Gasteiger partial charge >= 0.3 is 0 Å². The van der Waals surface area contributed by atoms with E-state index in [9.17, 15) is 12.8 Å². The molecule has 21 heavy (non-hydrogen) atoms. The standard InChI is InChI=1S/C14H20ClFN2O2S/c1-18(11-6-4-2-3-5-7-11)21(19,20)13-9-10(17)8-12(15)14(13)16/h8-9,11H,2-7,17H2,1H3. The summed E-state index contributed by atoms with van der Waals surface area (Å²) in [6, 6.07) is 2.24. The molecule has 1 saturated carbocycles. The Hall–Kier alpha value is -0.850. The van der Waals surface area contributed by atoms with Crippen molar-refractivity contribution in [2.45, 2.75) is 49.5 Å². The number of anilines is 1. The summed E-state index contributed by atoms with van der Waals surface area (Å²) < 4.78 is 40.6. The fraction of sp³-hybridized carbons (Fsp3) is 0.571. The maximum atomic E-state index is 14.1. The predicted molar refractivity (Wildman–Crippen MR) is 82.3 cm³/mol. The lowest BCUT2D eigenvalue weighted by Gasteiger charge is -2.26. The quantitative estimate of drug-likeness (QED) is 0.680. The monoisotopic (exact) mass is 334 g/mol. The molecule has 1 aliphatic rings. The molecule has 0 atom stereocenters. The van der Waals surface area contributed by atoms with Crippen molar-refractivity contribution in [3.8, 4) is 0 Å². The van der Waals surface area contributed by atoms with Crippen LogP contribution >= 0.6 is 11.6 Å². The fourth-order valence-corrected chi connectivity index (χ4v) is 4.56. The predicted octanol–water partition coefficient (Wildman–Crippen LogP) is 3.40. The van der Waals surface area contributed by atoms with Crippen LogP contribution in [-0.4, -0.2) is 25.8 Å². The van der Waals surface area contributed by atoms with Gasteiger partial charge in [-0.25, -0.2) is 12.8 Å². The topological polar surface area (TPSA) is 63.4 Å². The first-order chi connectivity index (χ1) is 9.84. The molecular weight excluding hydrogens is 315 g/mol. The summed E-state index contributed by atoms with van der Waals surface area (Å²) in [6.07, 6.45) is 5.81. The van der Waals surface area contributed by atoms with Gasteiger partial charge in [-0.15, -0.1) is 0 Å². The average molecular weight is 335 g/mol. The molecule has 118 valence electrons. The van der Waals surface area contributed by atoms with Crippen LogP contribution in [0.25, 0.3) is 0 Å². The van der Waals surface area contributed by atoms with Gasteiger partial charge in [-0.3, -0.25) is 0 Å². The first kappa shape index (κ1) is 16.5. The van der Waals surface area contributed by atoms with Crippen LogP contribution in [0.2, 0.25) is 5.02 Å². The van der Waals surface area contributed by atoms with E-state index in [4.69, 9.17) is 17.3 Å². The molecule has 0 bridgehead atoms. The van der Waals surface area contributed by atoms with Gasteiger partial charge in [-0.1, -0.05) is 37.3 Å². The first-order valence-electron chi connectivity index (χ1n) is 7.06. The molecule has 1 fully saturated rings. The molecule has 7 heteroatoms. The number of nitrogen functional groups attached to an aromatic ring is 1. The Labute approximate surface area is 130 Å². The van der Waals surface area contributed by atoms with E-state index in [1.165, 1.54) is 17.4 Å². The maximum Gasteiger partial charge on any atom is 0.246 e. The number of rotatable bonds is 3. The van der Waals surface area contributed by atoms with Crippen molar-refractivity contribution in [2.24, 2.45) is 0 Å². The van der Waals surface area contributed by atoms with Crippen molar-refractivity contribution in [2.75, 3.05) is 12.8 Å². The SMILES string of the molecule is CN(C1CCCCCC1)S(=O)(=O)c1cc(N)cc(Cl)c1F. The zero-order chi connectivity index (χ0) is 15.6. The van der Waals surface area contributed by atoms with E-state index in [-0.39, 0.29) is 16.8 Å². The third kappa shape index (κ3) is 3.49. The molecule has 1 aromatic carbocycles. The number of halogens is 2. The van der Waals surface area contributed by atoms with Gasteiger partial charge in [-0.05, 0) is 25.0 Å². The van der Waals surface area contributed by atoms with Crippen LogP contribution in [0.5, 0.6) is 0 Å². The Morgan fingerprint density at radius 2 is 1.81 bits per heavy atom. The lowest BCUT2D eigenvalue weighted by Crippen LogP contribution is -2.37. The summed E-state index contributed by atoms with van der Waals surface area (Å²) in [5, 5.41) is -0.275. The van der Waals surface area contributed by atoms with E-state index in [2.05, 4.69) is 0 Å². The lowest BCUT2D eigenvalue weighted by atomic mass is 10.1. The summed E-state index contributed by atoms with van der Waals surface area (Å²) in [7, 11) is -2.43. The van der Waals surface area contributed by atoms with Gasteiger partial charge in [0, 0.05) is 18.8 Å². The Morgan fingerprint density at radius 1 is 1.24 bits per heavy atom. The lowest BCUT2D eigenvalue weighted by molar-refractivity contribution is 0.334. The van der Waals surface area contributed by atoms with E-state index in [0.717, 1.165) is 44.6 Å². The Bertz CT molecular complexity index is 614. The van der Waals surface area contributed by atoms with Crippen molar-refractivity contribution in [1.29, 1.82) is 0 Å². The molecule has 0 amide bonds. The smallest absolute Gasteiger partial charge is 0.246 e. The van der Waals surface area contributed by atoms with Gasteiger partial charge < -0.3 is 5.73 Å². The summed E-state index contributed by atoms with van der Waals surface area (Å²) in [6.45, 7) is 0. The number of sulfonamides is 1. The number of nitrogens with zero attached hydrogens (tertiary/aromatic N) is 1. The zero-order valence-corrected chi connectivity index (χ0v) is 13.6. The highest BCUT2D eigenvalue weighted by atomic mass is 35.5. The summed E-state index contributed by atoms with van der Waals surface area (Å²) in [5.41, 5.74) is 5.73. The van der Waals surface area contributed by atoms with E-state index in [1.807, 2.05) is 0 Å². The molecule has 0 spiro atoms. The van der Waals surface area contributed by atoms with Gasteiger partial charge in [0.2, 0.25) is 10.0 Å². The van der Waals surface area contributed by atoms with Crippen molar-refractivity contribution in [1.82, 2.24) is 4.31 Å². The second kappa shape index (κ2) is 6.50. The molecule has 0 saturated heterocycles. The van der Waals surface area contributed by atoms with Crippen LogP contribution in [-0.2, 0) is 10.0 Å². The van der Waals surface area contributed by atoms with Crippen LogP contribution in [0.1, 0.15) is 38.5 Å². The van der Waals surface area contributed by atoms with Crippen molar-refractivity contribution in [3.05, 3.63) is 23.0 Å². The van der Waals surface area contributed by atoms with E-state index >= 15 is 0 Å². The summed E-state index contributed by atoms with van der Waals surface area (Å²) in [4.78, 5) is -0.445. The minimum Gasteiger partial charge on any atom is -0.399 e. The molecular formula is C14H20ClFN2O2S. The highest BCUT2D eigenvalue weighted by molar-refractivity contribution is 7.89. The minimum absolute atomic E-state index is 0.0999. The van der Waals surface area contributed by atoms with Crippen LogP contribution in [0.3, 0.4) is 0 Å². The van der Waals surface area contributed by atoms with Crippen molar-refractivity contribution < 1.29 is 12.8 Å². The highest BCUT2D eigenvalue weighted by Crippen LogP contribution is 2.30. The fourth-order valence-electron chi connectivity index (χ4n) is 2.74. The van der Waals surface area contributed by atoms with Crippen LogP contribution in [0, 0.1) is 5.82 Å². The molecule has 4 nitrogen and oxygen atoms in total. The molecule has 2 N–H and O–H groups in total. The number of nitrogens with two attached hydrogens (primary N) is 1. The van der Waals surface area contributed by atoms with E-state index in [0.29, 0.717) is 0 Å². The summed E-state index contributed by atoms with van der Waals surface area (Å²) in [5.74, 6) is -0.939. The minimum atomic E-state index is -3.94. The Kier molecular flexibility index (Phi) is 5.11. The van der Waals surface area contributed by atoms with Gasteiger partial charge in [0.05, 0.1) is 5.02 Å². The van der Waals surface area contributed by atoms with Crippen LogP contribution < -0.4 is 5.73 Å². The normalized spacial score (nSPS) is 17.9. The van der Waals surface area contributed by atoms with E-state index < -0.39 is 20.7 Å². The molecule has 2 rings (SSSR count). The molecule has 0 heterocycles. The van der Waals surface area contributed by atoms with Crippen LogP contribution in [0.4, 0.5) is 10.1 Å². The molecule has 1 aliphatic carbocycles. The van der Waals surface area contributed by atoms with Gasteiger partial charge in [-0.2, -0.15) is 4.31 Å². The molecule has 1 aromatic rings. The van der Waals surface area contributed by atoms with Crippen molar-refractivity contribution >= 4 is 27.3 Å². The molecule has 0 aliphatic heterocycles. The first-order valence-corrected chi connectivity index (χ1v) is 8.88. The largest absolute Gasteiger partial charge is 0.399 e. The van der Waals surface area contributed by atoms with Gasteiger partial charge in [0.1, 0.15) is 4.90 Å². The Morgan fingerprint density at radius 3 is 2.38 bits per heavy atom. The molecule has 0 aromatic heterocycles. The van der Waals surface area contributed by atoms with Gasteiger partial charge in [0.25, 0.3) is 0 Å². The maximum absolute atomic E-state index is 14.1. The number of hydrogen-bond acceptors (Lipinski definition) is 3. The third-order valence-corrected chi connectivity index (χ3v) is 6.20. The van der Waals surface area contributed by atoms with Gasteiger partial charge in [0.15, 0.2) is 5.82 Å². The second-order valence-electron chi connectivity index (χ2n) is 5.48. The second-order valence-corrected chi connectivity index (χ2v) is 7.85. The zero-order valence-electron chi connectivity index (χ0n) is 12.0. The Balaban J connectivity index is 2.37. The number of hydrogen-bond donors (Lipinski definition) is 1.